The highest BCUT2D eigenvalue weighted by Crippen LogP contribution is 2.69. The van der Waals surface area contributed by atoms with Gasteiger partial charge in [0, 0.05) is 17.9 Å². The van der Waals surface area contributed by atoms with Crippen LogP contribution < -0.4 is 0 Å². The molecule has 0 aromatic carbocycles. The Hall–Kier alpha value is -1.29. The van der Waals surface area contributed by atoms with Crippen LogP contribution in [-0.2, 0) is 33.2 Å². The largest absolute Gasteiger partial charge is 0.458 e. The Balaban J connectivity index is 1.10. The first-order valence-corrected chi connectivity index (χ1v) is 14.3. The number of rotatable bonds is 1. The zero-order valence-corrected chi connectivity index (χ0v) is 21.8. The van der Waals surface area contributed by atoms with Crippen molar-refractivity contribution < 1.29 is 38.3 Å². The Kier molecular flexibility index (Phi) is 4.89. The fraction of sp³-hybridized carbons (Fsp3) is 0.828. The molecule has 4 aliphatic heterocycles. The van der Waals surface area contributed by atoms with Crippen LogP contribution in [0.5, 0.6) is 0 Å². The van der Waals surface area contributed by atoms with Gasteiger partial charge in [-0.25, -0.2) is 4.79 Å². The van der Waals surface area contributed by atoms with Crippen molar-refractivity contribution in [3.8, 4) is 0 Å². The van der Waals surface area contributed by atoms with E-state index in [4.69, 9.17) is 28.4 Å². The first-order valence-electron chi connectivity index (χ1n) is 14.3. The normalized spacial score (nSPS) is 56.1. The van der Waals surface area contributed by atoms with Crippen molar-refractivity contribution >= 4 is 5.97 Å². The Labute approximate surface area is 217 Å². The summed E-state index contributed by atoms with van der Waals surface area (Å²) in [5, 5.41) is 12.5. The molecule has 3 saturated carbocycles. The first kappa shape index (κ1) is 23.6. The Bertz CT molecular complexity index is 1090. The lowest BCUT2D eigenvalue weighted by Gasteiger charge is -2.63. The lowest BCUT2D eigenvalue weighted by molar-refractivity contribution is -0.421. The van der Waals surface area contributed by atoms with Gasteiger partial charge in [0.15, 0.2) is 6.79 Å². The summed E-state index contributed by atoms with van der Waals surface area (Å²) in [6.45, 7) is 5.83. The minimum atomic E-state index is -0.980. The summed E-state index contributed by atoms with van der Waals surface area (Å²) in [6, 6.07) is 0. The zero-order valence-electron chi connectivity index (χ0n) is 21.8. The molecule has 3 saturated heterocycles. The number of cyclic esters (lactones) is 1. The molecule has 0 amide bonds. The van der Waals surface area contributed by atoms with Crippen molar-refractivity contribution in [2.45, 2.75) is 101 Å². The number of carbonyl (C=O) groups is 1. The van der Waals surface area contributed by atoms with Crippen LogP contribution in [0.15, 0.2) is 23.3 Å². The van der Waals surface area contributed by atoms with Crippen molar-refractivity contribution in [3.05, 3.63) is 23.3 Å². The van der Waals surface area contributed by atoms with E-state index in [0.29, 0.717) is 19.1 Å². The Morgan fingerprint density at radius 1 is 1.05 bits per heavy atom. The van der Waals surface area contributed by atoms with Crippen LogP contribution in [-0.4, -0.2) is 67.1 Å². The van der Waals surface area contributed by atoms with Gasteiger partial charge in [-0.15, -0.1) is 0 Å². The smallest absolute Gasteiger partial charge is 0.331 e. The molecule has 4 aliphatic carbocycles. The van der Waals surface area contributed by atoms with E-state index in [2.05, 4.69) is 19.9 Å². The number of aliphatic hydroxyl groups is 1. The fourth-order valence-electron chi connectivity index (χ4n) is 10.1. The van der Waals surface area contributed by atoms with E-state index in [9.17, 15) is 9.90 Å². The zero-order chi connectivity index (χ0) is 25.2. The van der Waals surface area contributed by atoms with Crippen molar-refractivity contribution in [3.63, 3.8) is 0 Å². The molecule has 1 N–H and O–H groups in total. The van der Waals surface area contributed by atoms with Gasteiger partial charge in [0.2, 0.25) is 12.1 Å². The van der Waals surface area contributed by atoms with Crippen LogP contribution in [0, 0.1) is 28.6 Å². The fourth-order valence-corrected chi connectivity index (χ4v) is 10.1. The summed E-state index contributed by atoms with van der Waals surface area (Å²) in [5.41, 5.74) is 1.49. The lowest BCUT2D eigenvalue weighted by atomic mass is 9.45. The maximum Gasteiger partial charge on any atom is 0.331 e. The van der Waals surface area contributed by atoms with Crippen LogP contribution >= 0.6 is 0 Å². The third-order valence-electron chi connectivity index (χ3n) is 12.0. The van der Waals surface area contributed by atoms with E-state index in [1.54, 1.807) is 6.08 Å². The second kappa shape index (κ2) is 7.67. The number of carbonyl (C=O) groups excluding carboxylic acids is 1. The molecular weight excluding hydrogens is 476 g/mol. The number of allylic oxidation sites excluding steroid dienone is 1. The van der Waals surface area contributed by atoms with Crippen molar-refractivity contribution in [2.24, 2.45) is 28.6 Å². The van der Waals surface area contributed by atoms with Crippen LogP contribution in [0.25, 0.3) is 0 Å². The SMILES string of the molecule is C[C@]12C[C@H]3O[C@@]45OCO[C@@H]4CCO[C@H]5O[C@H]3C=C1CC[C@@H]1[C@@H]2CC[C@]2(C)[C@@H](C3=CC(=O)OC3)CC[C@]12O. The highest BCUT2D eigenvalue weighted by Gasteiger charge is 2.69. The molecule has 4 heterocycles. The minimum absolute atomic E-state index is 0.0672. The molecule has 202 valence electrons. The lowest BCUT2D eigenvalue weighted by Crippen LogP contribution is -2.67. The van der Waals surface area contributed by atoms with E-state index in [1.807, 2.05) is 0 Å². The van der Waals surface area contributed by atoms with Gasteiger partial charge in [-0.05, 0) is 73.7 Å². The number of hydrogen-bond acceptors (Lipinski definition) is 8. The van der Waals surface area contributed by atoms with Crippen LogP contribution in [0.2, 0.25) is 0 Å². The van der Waals surface area contributed by atoms with Crippen LogP contribution in [0.3, 0.4) is 0 Å². The highest BCUT2D eigenvalue weighted by molar-refractivity contribution is 5.85. The summed E-state index contributed by atoms with van der Waals surface area (Å²) >= 11 is 0. The molecule has 0 radical (unpaired) electrons. The average Bonchev–Trinajstić information content (AvgIpc) is 3.55. The Morgan fingerprint density at radius 2 is 1.95 bits per heavy atom. The standard InChI is InChI=1S/C29H38O8/c1-26-13-22-21(36-25-29(37-22)23(7-10-32-25)34-15-35-29)12-17(26)3-4-20-19(26)5-8-27(2)18(6-9-28(20,27)31)16-11-24(30)33-14-16/h11-12,18-23,25,31H,3-10,13-15H2,1-2H3/t18-,19+,20-,21+,22-,23-,25+,26+,27-,28+,29+/m1/s1. The molecule has 0 bridgehead atoms. The van der Waals surface area contributed by atoms with E-state index < -0.39 is 17.7 Å². The predicted molar refractivity (Wildman–Crippen MR) is 129 cm³/mol. The maximum atomic E-state index is 12.5. The molecule has 37 heavy (non-hydrogen) atoms. The number of fused-ring (bicyclic) bond motifs is 6. The molecule has 11 atom stereocenters. The summed E-state index contributed by atoms with van der Waals surface area (Å²) < 4.78 is 36.4. The van der Waals surface area contributed by atoms with Crippen LogP contribution in [0.4, 0.5) is 0 Å². The summed E-state index contributed by atoms with van der Waals surface area (Å²) in [7, 11) is 0. The molecule has 0 aromatic rings. The Morgan fingerprint density at radius 3 is 2.78 bits per heavy atom. The number of hydrogen-bond donors (Lipinski definition) is 1. The van der Waals surface area contributed by atoms with E-state index in [-0.39, 0.29) is 53.7 Å². The van der Waals surface area contributed by atoms with E-state index in [1.165, 1.54) is 5.57 Å². The maximum absolute atomic E-state index is 12.5. The van der Waals surface area contributed by atoms with E-state index in [0.717, 1.165) is 56.9 Å². The quantitative estimate of drug-likeness (QED) is 0.421. The van der Waals surface area contributed by atoms with Crippen molar-refractivity contribution in [1.29, 1.82) is 0 Å². The van der Waals surface area contributed by atoms with Crippen molar-refractivity contribution in [1.82, 2.24) is 0 Å². The minimum Gasteiger partial charge on any atom is -0.458 e. The summed E-state index contributed by atoms with van der Waals surface area (Å²) in [6.07, 6.45) is 10.2. The van der Waals surface area contributed by atoms with Gasteiger partial charge in [-0.3, -0.25) is 0 Å². The topological polar surface area (TPSA) is 92.7 Å². The molecule has 0 aromatic heterocycles. The molecular formula is C29H38O8. The molecule has 8 aliphatic rings. The molecule has 8 heteroatoms. The molecule has 8 nitrogen and oxygen atoms in total. The van der Waals surface area contributed by atoms with Gasteiger partial charge in [0.25, 0.3) is 0 Å². The van der Waals surface area contributed by atoms with Gasteiger partial charge in [-0.2, -0.15) is 0 Å². The third kappa shape index (κ3) is 2.92. The van der Waals surface area contributed by atoms with Gasteiger partial charge < -0.3 is 33.5 Å². The molecule has 6 fully saturated rings. The van der Waals surface area contributed by atoms with Gasteiger partial charge in [0.05, 0.1) is 18.3 Å². The highest BCUT2D eigenvalue weighted by atomic mass is 16.9. The molecule has 8 rings (SSSR count). The average molecular weight is 515 g/mol. The number of ether oxygens (including phenoxy) is 6. The first-order chi connectivity index (χ1) is 17.8. The summed E-state index contributed by atoms with van der Waals surface area (Å²) in [5.74, 6) is -0.414. The second-order valence-electron chi connectivity index (χ2n) is 13.3. The monoisotopic (exact) mass is 514 g/mol. The molecule has 0 unspecified atom stereocenters. The number of esters is 1. The third-order valence-corrected chi connectivity index (χ3v) is 12.0. The van der Waals surface area contributed by atoms with Gasteiger partial charge >= 0.3 is 5.97 Å². The predicted octanol–water partition coefficient (Wildman–Crippen LogP) is 3.37. The second-order valence-corrected chi connectivity index (χ2v) is 13.3. The van der Waals surface area contributed by atoms with Gasteiger partial charge in [0.1, 0.15) is 18.8 Å². The van der Waals surface area contributed by atoms with Crippen molar-refractivity contribution in [2.75, 3.05) is 20.0 Å². The summed E-state index contributed by atoms with van der Waals surface area (Å²) in [4.78, 5) is 11.8. The van der Waals surface area contributed by atoms with E-state index >= 15 is 0 Å². The van der Waals surface area contributed by atoms with Gasteiger partial charge in [-0.1, -0.05) is 25.5 Å². The molecule has 1 spiro atoms. The van der Waals surface area contributed by atoms with Crippen LogP contribution in [0.1, 0.15) is 65.2 Å².